The lowest BCUT2D eigenvalue weighted by molar-refractivity contribution is -0.333. The summed E-state index contributed by atoms with van der Waals surface area (Å²) in [6.45, 7) is 0.656. The van der Waals surface area contributed by atoms with Crippen LogP contribution in [-0.4, -0.2) is 240 Å². The van der Waals surface area contributed by atoms with Gasteiger partial charge in [-0.2, -0.15) is 0 Å². The number of aliphatic hydroxyl groups excluding tert-OH is 5. The molecule has 0 aromatic carbocycles. The monoisotopic (exact) mass is 1110 g/mol. The number of primary amides is 1. The Balaban J connectivity index is 1.92. The van der Waals surface area contributed by atoms with E-state index in [1.165, 1.54) is 13.8 Å². The van der Waals surface area contributed by atoms with Gasteiger partial charge in [-0.05, 0) is 39.5 Å². The molecule has 2 aliphatic rings. The Morgan fingerprint density at radius 3 is 1.64 bits per heavy atom. The summed E-state index contributed by atoms with van der Waals surface area (Å²) in [4.78, 5) is 147. The molecule has 0 aromatic rings. The number of carbonyl (C=O) groups excluding carboxylic acids is 11. The second-order valence-electron chi connectivity index (χ2n) is 17.6. The van der Waals surface area contributed by atoms with Crippen LogP contribution in [0.4, 0.5) is 0 Å². The van der Waals surface area contributed by atoms with Crippen molar-refractivity contribution in [3.8, 4) is 0 Å². The van der Waals surface area contributed by atoms with E-state index in [-0.39, 0.29) is 32.4 Å². The van der Waals surface area contributed by atoms with Crippen molar-refractivity contribution in [2.45, 2.75) is 145 Å². The topological polar surface area (TPSA) is 535 Å². The summed E-state index contributed by atoms with van der Waals surface area (Å²) >= 11 is 0. The Labute approximate surface area is 439 Å². The molecule has 436 valence electrons. The quantitative estimate of drug-likeness (QED) is 0.0278. The largest absolute Gasteiger partial charge is 0.480 e. The molecule has 34 heteroatoms. The average Bonchev–Trinajstić information content (AvgIpc) is 3.37. The molecule has 0 radical (unpaired) electrons. The van der Waals surface area contributed by atoms with Crippen molar-refractivity contribution >= 4 is 70.9 Å². The fourth-order valence-corrected chi connectivity index (χ4v) is 7.34. The lowest BCUT2D eigenvalue weighted by Gasteiger charge is -2.48. The lowest BCUT2D eigenvalue weighted by Crippen LogP contribution is -2.70. The molecular weight excluding hydrogens is 1040 g/mol. The van der Waals surface area contributed by atoms with Crippen LogP contribution in [0.2, 0.25) is 0 Å². The molecule has 77 heavy (non-hydrogen) atoms. The van der Waals surface area contributed by atoms with Gasteiger partial charge in [-0.3, -0.25) is 52.7 Å². The van der Waals surface area contributed by atoms with E-state index in [9.17, 15) is 88.2 Å². The van der Waals surface area contributed by atoms with E-state index >= 15 is 0 Å². The number of rotatable bonds is 32. The Kier molecular flexibility index (Phi) is 28.8. The van der Waals surface area contributed by atoms with E-state index in [0.29, 0.717) is 0 Å². The van der Waals surface area contributed by atoms with Crippen molar-refractivity contribution in [2.75, 3.05) is 52.5 Å². The van der Waals surface area contributed by atoms with Crippen molar-refractivity contribution in [3.05, 3.63) is 0 Å². The Morgan fingerprint density at radius 1 is 0.597 bits per heavy atom. The Bertz CT molecular complexity index is 2070. The Hall–Kier alpha value is -6.76. The summed E-state index contributed by atoms with van der Waals surface area (Å²) in [5.41, 5.74) is 10.6. The number of nitrogens with two attached hydrogens (primary N) is 2. The molecule has 2 aliphatic heterocycles. The van der Waals surface area contributed by atoms with Crippen molar-refractivity contribution in [1.82, 2.24) is 53.2 Å². The van der Waals surface area contributed by atoms with Crippen molar-refractivity contribution in [2.24, 2.45) is 11.5 Å². The van der Waals surface area contributed by atoms with E-state index in [2.05, 4.69) is 53.2 Å². The fourth-order valence-electron chi connectivity index (χ4n) is 7.34. The van der Waals surface area contributed by atoms with Gasteiger partial charge in [0.05, 0.1) is 45.9 Å². The number of nitrogens with one attached hydrogen (secondary N) is 10. The van der Waals surface area contributed by atoms with Gasteiger partial charge in [-0.15, -0.1) is 0 Å². The third kappa shape index (κ3) is 23.2. The second kappa shape index (κ2) is 33.4. The van der Waals surface area contributed by atoms with E-state index in [1.54, 1.807) is 0 Å². The third-order valence-electron chi connectivity index (χ3n) is 11.4. The summed E-state index contributed by atoms with van der Waals surface area (Å²) in [7, 11) is 0. The number of carboxylic acid groups (broad SMARTS) is 1. The minimum absolute atomic E-state index is 0.0484. The number of amides is 11. The van der Waals surface area contributed by atoms with Crippen LogP contribution in [0.3, 0.4) is 0 Å². The van der Waals surface area contributed by atoms with Gasteiger partial charge in [0.15, 0.2) is 12.6 Å². The van der Waals surface area contributed by atoms with E-state index in [0.717, 1.165) is 13.8 Å². The molecule has 0 aliphatic carbocycles. The lowest BCUT2D eigenvalue weighted by atomic mass is 9.94. The third-order valence-corrected chi connectivity index (χ3v) is 11.4. The SMILES string of the molecule is CC(=O)NC1C(OC2C(CO)OC(O)C(NC(C)=O)C2OC(C)C(=O)NC(C)C(=O)NC(CCC(=O)NC(CCCCNC(=O)CNC(=O)CNC(=O)CNC(=O)CNC(=O)CN)C(=O)O)C(N)=O)OC(CO)C(O)C1O. The highest BCUT2D eigenvalue weighted by atomic mass is 16.7. The van der Waals surface area contributed by atoms with Crippen LogP contribution >= 0.6 is 0 Å². The molecule has 2 saturated heterocycles. The molecule has 2 rings (SSSR count). The molecule has 2 heterocycles. The van der Waals surface area contributed by atoms with Gasteiger partial charge in [0.1, 0.15) is 72.9 Å². The zero-order valence-corrected chi connectivity index (χ0v) is 42.6. The Morgan fingerprint density at radius 2 is 1.13 bits per heavy atom. The van der Waals surface area contributed by atoms with E-state index in [4.69, 9.17) is 30.4 Å². The van der Waals surface area contributed by atoms with E-state index in [1.807, 2.05) is 0 Å². The first-order valence-corrected chi connectivity index (χ1v) is 24.1. The molecule has 2 fully saturated rings. The van der Waals surface area contributed by atoms with Gasteiger partial charge in [0.25, 0.3) is 0 Å². The maximum atomic E-state index is 13.5. The summed E-state index contributed by atoms with van der Waals surface area (Å²) in [6, 6.07) is -7.41. The normalized spacial score (nSPS) is 24.4. The molecule has 34 nitrogen and oxygen atoms in total. The standard InChI is InChI=1S/C43H72N12O22/c1-18(51-40(70)19(2)74-37-33(53-21(4)59)42(73)75-25(17-57)36(37)77-43-32(52-20(3)58)35(67)34(66)24(16-56)76-43)39(69)55-22(38(45)68)8-9-26(60)54-23(41(71)72)7-5-6-10-46-28(62)12-48-30(64)14-50-31(65)15-49-29(63)13-47-27(61)11-44/h18-19,22-25,32-37,42-43,56-57,66-67,73H,5-17,44H2,1-4H3,(H2,45,68)(H,46,62)(H,47,61)(H,48,64)(H,49,63)(H,50,65)(H,51,70)(H,52,58)(H,53,59)(H,54,60)(H,55,69)(H,71,72). The van der Waals surface area contributed by atoms with Crippen LogP contribution in [0.25, 0.3) is 0 Å². The van der Waals surface area contributed by atoms with Gasteiger partial charge >= 0.3 is 5.97 Å². The molecule has 14 atom stereocenters. The van der Waals surface area contributed by atoms with Gasteiger partial charge in [0.2, 0.25) is 65.0 Å². The zero-order chi connectivity index (χ0) is 58.1. The summed E-state index contributed by atoms with van der Waals surface area (Å²) in [6.07, 6.45) is -15.5. The summed E-state index contributed by atoms with van der Waals surface area (Å²) in [5.74, 6) is -10.1. The number of aliphatic hydroxyl groups is 5. The number of hydrogen-bond donors (Lipinski definition) is 18. The van der Waals surface area contributed by atoms with E-state index < -0.39 is 209 Å². The number of carboxylic acids is 1. The predicted molar refractivity (Wildman–Crippen MR) is 256 cm³/mol. The highest BCUT2D eigenvalue weighted by Gasteiger charge is 2.53. The van der Waals surface area contributed by atoms with Gasteiger partial charge in [-0.25, -0.2) is 4.79 Å². The number of unbranched alkanes of at least 4 members (excludes halogenated alkanes) is 1. The van der Waals surface area contributed by atoms with Gasteiger partial charge < -0.3 is 114 Å². The average molecular weight is 1110 g/mol. The highest BCUT2D eigenvalue weighted by Crippen LogP contribution is 2.31. The molecule has 14 unspecified atom stereocenters. The van der Waals surface area contributed by atoms with Gasteiger partial charge in [0, 0.05) is 26.8 Å². The van der Waals surface area contributed by atoms with Crippen LogP contribution in [0.1, 0.15) is 59.8 Å². The number of carbonyl (C=O) groups is 12. The number of hydrogen-bond acceptors (Lipinski definition) is 22. The molecule has 0 bridgehead atoms. The summed E-state index contributed by atoms with van der Waals surface area (Å²) < 4.78 is 23.2. The number of ether oxygens (including phenoxy) is 4. The minimum Gasteiger partial charge on any atom is -0.480 e. The predicted octanol–water partition coefficient (Wildman–Crippen LogP) is -11.2. The van der Waals surface area contributed by atoms with Gasteiger partial charge in [-0.1, -0.05) is 0 Å². The highest BCUT2D eigenvalue weighted by molar-refractivity contribution is 5.93. The molecule has 11 amide bonds. The van der Waals surface area contributed by atoms with Crippen molar-refractivity contribution in [3.63, 3.8) is 0 Å². The maximum absolute atomic E-state index is 13.5. The first kappa shape index (κ1) is 66.4. The van der Waals surface area contributed by atoms with Crippen LogP contribution in [0.5, 0.6) is 0 Å². The number of aliphatic carboxylic acids is 1. The first-order chi connectivity index (χ1) is 36.2. The van der Waals surface area contributed by atoms with Crippen LogP contribution < -0.4 is 64.6 Å². The fraction of sp³-hybridized carbons (Fsp3) is 0.721. The molecule has 20 N–H and O–H groups in total. The summed E-state index contributed by atoms with van der Waals surface area (Å²) in [5, 5.41) is 85.0. The first-order valence-electron chi connectivity index (χ1n) is 24.1. The second-order valence-corrected chi connectivity index (χ2v) is 17.6. The smallest absolute Gasteiger partial charge is 0.326 e. The van der Waals surface area contributed by atoms with Crippen molar-refractivity contribution in [1.29, 1.82) is 0 Å². The molecule has 0 saturated carbocycles. The van der Waals surface area contributed by atoms with Crippen LogP contribution in [-0.2, 0) is 76.5 Å². The minimum atomic E-state index is -1.90. The van der Waals surface area contributed by atoms with Crippen molar-refractivity contribution < 1.29 is 107 Å². The zero-order valence-electron chi connectivity index (χ0n) is 42.6. The van der Waals surface area contributed by atoms with Crippen LogP contribution in [0.15, 0.2) is 0 Å². The maximum Gasteiger partial charge on any atom is 0.326 e. The molecule has 0 spiro atoms. The molecule has 0 aromatic heterocycles. The van der Waals surface area contributed by atoms with Crippen LogP contribution in [0, 0.1) is 0 Å². The molecular formula is C43H72N12O22.